The van der Waals surface area contributed by atoms with Crippen LogP contribution >= 0.6 is 0 Å². The van der Waals surface area contributed by atoms with Gasteiger partial charge in [0.15, 0.2) is 0 Å². The number of fused-ring (bicyclic) bond motifs is 1. The molecule has 0 fully saturated rings. The molecule has 22 heavy (non-hydrogen) atoms. The lowest BCUT2D eigenvalue weighted by molar-refractivity contribution is 0.0953. The van der Waals surface area contributed by atoms with E-state index in [0.717, 1.165) is 17.5 Å². The summed E-state index contributed by atoms with van der Waals surface area (Å²) in [6.45, 7) is 0.964. The van der Waals surface area contributed by atoms with Crippen LogP contribution in [0.2, 0.25) is 0 Å². The van der Waals surface area contributed by atoms with Gasteiger partial charge in [-0.25, -0.2) is 0 Å². The number of nitrogens with two attached hydrogens (primary N) is 1. The van der Waals surface area contributed by atoms with Crippen molar-refractivity contribution >= 4 is 16.8 Å². The molecule has 3 rings (SSSR count). The van der Waals surface area contributed by atoms with Gasteiger partial charge in [-0.15, -0.1) is 0 Å². The molecule has 0 unspecified atom stereocenters. The van der Waals surface area contributed by atoms with E-state index >= 15 is 0 Å². The van der Waals surface area contributed by atoms with Crippen molar-refractivity contribution in [1.29, 1.82) is 0 Å². The molecule has 112 valence electrons. The van der Waals surface area contributed by atoms with Crippen molar-refractivity contribution in [2.24, 2.45) is 5.73 Å². The zero-order valence-corrected chi connectivity index (χ0v) is 12.3. The molecule has 3 aromatic rings. The lowest BCUT2D eigenvalue weighted by atomic mass is 10.1. The number of carbonyl (C=O) groups excluding carboxylic acids is 1. The largest absolute Gasteiger partial charge is 0.361 e. The second-order valence-corrected chi connectivity index (χ2v) is 5.23. The van der Waals surface area contributed by atoms with Crippen LogP contribution in [0.4, 0.5) is 0 Å². The minimum absolute atomic E-state index is 0.0686. The van der Waals surface area contributed by atoms with Crippen LogP contribution in [0, 0.1) is 0 Å². The molecule has 0 saturated carbocycles. The third kappa shape index (κ3) is 2.87. The molecule has 0 radical (unpaired) electrons. The number of nitrogens with one attached hydrogen (secondary N) is 2. The van der Waals surface area contributed by atoms with E-state index in [2.05, 4.69) is 22.4 Å². The molecule has 4 N–H and O–H groups in total. The number of H-pyrrole nitrogens is 1. The fourth-order valence-electron chi connectivity index (χ4n) is 2.66. The fraction of sp³-hybridized carbons (Fsp3) is 0.167. The maximum Gasteiger partial charge on any atom is 0.251 e. The van der Waals surface area contributed by atoms with Gasteiger partial charge in [-0.1, -0.05) is 36.4 Å². The topological polar surface area (TPSA) is 70.9 Å². The van der Waals surface area contributed by atoms with Gasteiger partial charge < -0.3 is 16.0 Å². The van der Waals surface area contributed by atoms with Gasteiger partial charge in [-0.3, -0.25) is 4.79 Å². The van der Waals surface area contributed by atoms with E-state index in [4.69, 9.17) is 5.73 Å². The Labute approximate surface area is 129 Å². The van der Waals surface area contributed by atoms with E-state index in [1.165, 1.54) is 10.9 Å². The summed E-state index contributed by atoms with van der Waals surface area (Å²) >= 11 is 0. The Morgan fingerprint density at radius 2 is 1.82 bits per heavy atom. The SMILES string of the molecule is NCc1ccccc1C(=O)NCCc1c[nH]c2ccccc12. The summed E-state index contributed by atoms with van der Waals surface area (Å²) in [4.78, 5) is 15.5. The summed E-state index contributed by atoms with van der Waals surface area (Å²) in [7, 11) is 0. The number of hydrogen-bond donors (Lipinski definition) is 3. The quantitative estimate of drug-likeness (QED) is 0.676. The molecular formula is C18H19N3O. The standard InChI is InChI=1S/C18H19N3O/c19-11-13-5-1-2-7-16(13)18(22)20-10-9-14-12-21-17-8-4-3-6-15(14)17/h1-8,12,21H,9-11,19H2,(H,20,22). The minimum atomic E-state index is -0.0686. The molecule has 0 aliphatic rings. The summed E-state index contributed by atoms with van der Waals surface area (Å²) in [5.41, 5.74) is 9.53. The Morgan fingerprint density at radius 3 is 2.68 bits per heavy atom. The van der Waals surface area contributed by atoms with Gasteiger partial charge in [0.05, 0.1) is 0 Å². The van der Waals surface area contributed by atoms with Gasteiger partial charge in [0.25, 0.3) is 5.91 Å². The maximum absolute atomic E-state index is 12.2. The molecule has 0 bridgehead atoms. The number of para-hydroxylation sites is 1. The lowest BCUT2D eigenvalue weighted by Gasteiger charge is -2.08. The van der Waals surface area contributed by atoms with Gasteiger partial charge in [0.1, 0.15) is 0 Å². The molecule has 4 nitrogen and oxygen atoms in total. The van der Waals surface area contributed by atoms with Crippen molar-refractivity contribution in [1.82, 2.24) is 10.3 Å². The van der Waals surface area contributed by atoms with Crippen LogP contribution in [0.3, 0.4) is 0 Å². The zero-order valence-electron chi connectivity index (χ0n) is 12.3. The highest BCUT2D eigenvalue weighted by Gasteiger charge is 2.09. The number of rotatable bonds is 5. The minimum Gasteiger partial charge on any atom is -0.361 e. The van der Waals surface area contributed by atoms with Crippen LogP contribution in [0.25, 0.3) is 10.9 Å². The van der Waals surface area contributed by atoms with Crippen molar-refractivity contribution in [2.75, 3.05) is 6.54 Å². The molecule has 1 heterocycles. The first-order valence-electron chi connectivity index (χ1n) is 7.41. The Hall–Kier alpha value is -2.59. The number of hydrogen-bond acceptors (Lipinski definition) is 2. The highest BCUT2D eigenvalue weighted by Crippen LogP contribution is 2.17. The normalized spacial score (nSPS) is 10.8. The Morgan fingerprint density at radius 1 is 1.05 bits per heavy atom. The number of benzene rings is 2. The lowest BCUT2D eigenvalue weighted by Crippen LogP contribution is -2.27. The summed E-state index contributed by atoms with van der Waals surface area (Å²) in [6, 6.07) is 15.6. The van der Waals surface area contributed by atoms with E-state index in [1.54, 1.807) is 0 Å². The first-order chi connectivity index (χ1) is 10.8. The van der Waals surface area contributed by atoms with Crippen molar-refractivity contribution in [2.45, 2.75) is 13.0 Å². The van der Waals surface area contributed by atoms with Gasteiger partial charge in [-0.05, 0) is 29.7 Å². The van der Waals surface area contributed by atoms with E-state index < -0.39 is 0 Å². The number of aromatic nitrogens is 1. The summed E-state index contributed by atoms with van der Waals surface area (Å²) in [5, 5.41) is 4.18. The Balaban J connectivity index is 1.64. The monoisotopic (exact) mass is 293 g/mol. The van der Waals surface area contributed by atoms with Crippen LogP contribution in [-0.2, 0) is 13.0 Å². The van der Waals surface area contributed by atoms with Crippen molar-refractivity contribution in [3.05, 3.63) is 71.4 Å². The van der Waals surface area contributed by atoms with Crippen molar-refractivity contribution in [3.8, 4) is 0 Å². The molecule has 0 atom stereocenters. The summed E-state index contributed by atoms with van der Waals surface area (Å²) in [5.74, 6) is -0.0686. The highest BCUT2D eigenvalue weighted by atomic mass is 16.1. The van der Waals surface area contributed by atoms with E-state index in [-0.39, 0.29) is 5.91 Å². The van der Waals surface area contributed by atoms with Crippen LogP contribution in [-0.4, -0.2) is 17.4 Å². The maximum atomic E-state index is 12.2. The number of carbonyl (C=O) groups is 1. The zero-order chi connectivity index (χ0) is 15.4. The first kappa shape index (κ1) is 14.4. The number of amides is 1. The summed E-state index contributed by atoms with van der Waals surface area (Å²) < 4.78 is 0. The summed E-state index contributed by atoms with van der Waals surface area (Å²) in [6.07, 6.45) is 2.80. The third-order valence-corrected chi connectivity index (χ3v) is 3.84. The van der Waals surface area contributed by atoms with Crippen LogP contribution < -0.4 is 11.1 Å². The molecule has 0 saturated heterocycles. The van der Waals surface area contributed by atoms with Gasteiger partial charge >= 0.3 is 0 Å². The molecule has 1 amide bonds. The van der Waals surface area contributed by atoms with Gasteiger partial charge in [0, 0.05) is 35.8 Å². The fourth-order valence-corrected chi connectivity index (χ4v) is 2.66. The third-order valence-electron chi connectivity index (χ3n) is 3.84. The van der Waals surface area contributed by atoms with Crippen molar-refractivity contribution < 1.29 is 4.79 Å². The smallest absolute Gasteiger partial charge is 0.251 e. The highest BCUT2D eigenvalue weighted by molar-refractivity contribution is 5.95. The predicted molar refractivity (Wildman–Crippen MR) is 88.7 cm³/mol. The van der Waals surface area contributed by atoms with E-state index in [1.807, 2.05) is 42.6 Å². The molecule has 4 heteroatoms. The molecule has 1 aromatic heterocycles. The predicted octanol–water partition coefficient (Wildman–Crippen LogP) is 2.60. The van der Waals surface area contributed by atoms with Crippen LogP contribution in [0.5, 0.6) is 0 Å². The first-order valence-corrected chi connectivity index (χ1v) is 7.41. The van der Waals surface area contributed by atoms with Crippen LogP contribution in [0.1, 0.15) is 21.5 Å². The van der Waals surface area contributed by atoms with Gasteiger partial charge in [-0.2, -0.15) is 0 Å². The Kier molecular flexibility index (Phi) is 4.21. The number of aromatic amines is 1. The van der Waals surface area contributed by atoms with Crippen molar-refractivity contribution in [3.63, 3.8) is 0 Å². The molecular weight excluding hydrogens is 274 g/mol. The van der Waals surface area contributed by atoms with Gasteiger partial charge in [0.2, 0.25) is 0 Å². The Bertz CT molecular complexity index is 792. The molecule has 2 aromatic carbocycles. The van der Waals surface area contributed by atoms with E-state index in [9.17, 15) is 4.79 Å². The van der Waals surface area contributed by atoms with Crippen LogP contribution in [0.15, 0.2) is 54.7 Å². The molecule has 0 aliphatic carbocycles. The molecule has 0 aliphatic heterocycles. The second kappa shape index (κ2) is 6.45. The average molecular weight is 293 g/mol. The average Bonchev–Trinajstić information content (AvgIpc) is 2.98. The van der Waals surface area contributed by atoms with E-state index in [0.29, 0.717) is 18.7 Å². The second-order valence-electron chi connectivity index (χ2n) is 5.23. The molecule has 0 spiro atoms.